The van der Waals surface area contributed by atoms with Crippen LogP contribution in [0.3, 0.4) is 0 Å². The molecule has 2 N–H and O–H groups in total. The van der Waals surface area contributed by atoms with E-state index in [1.54, 1.807) is 48.5 Å². The quantitative estimate of drug-likeness (QED) is 0.467. The third-order valence-electron chi connectivity index (χ3n) is 5.72. The van der Waals surface area contributed by atoms with Crippen molar-refractivity contribution < 1.29 is 18.3 Å². The molecule has 0 saturated heterocycles. The molecule has 1 spiro atoms. The van der Waals surface area contributed by atoms with Gasteiger partial charge in [-0.25, -0.2) is 19.9 Å². The summed E-state index contributed by atoms with van der Waals surface area (Å²) in [4.78, 5) is 16.7. The van der Waals surface area contributed by atoms with E-state index >= 15 is 0 Å². The number of rotatable bonds is 2. The molecule has 0 radical (unpaired) electrons. The van der Waals surface area contributed by atoms with E-state index in [-0.39, 0.29) is 12.6 Å². The predicted octanol–water partition coefficient (Wildman–Crippen LogP) is 4.18. The minimum absolute atomic E-state index is 0.00826. The van der Waals surface area contributed by atoms with Crippen LogP contribution in [0.4, 0.5) is 8.78 Å². The highest BCUT2D eigenvalue weighted by atomic mass is 19.1. The number of amidine groups is 1. The van der Waals surface area contributed by atoms with E-state index in [1.807, 2.05) is 0 Å². The first-order valence-corrected chi connectivity index (χ1v) is 10.1. The van der Waals surface area contributed by atoms with Crippen LogP contribution in [0, 0.1) is 11.9 Å². The fourth-order valence-electron chi connectivity index (χ4n) is 4.20. The Bertz CT molecular complexity index is 1460. The molecule has 1 aromatic carbocycles. The smallest absolute Gasteiger partial charge is 0.283 e. The van der Waals surface area contributed by atoms with Crippen molar-refractivity contribution >= 4 is 6.02 Å². The van der Waals surface area contributed by atoms with Crippen molar-refractivity contribution in [1.29, 1.82) is 0 Å². The maximum Gasteiger partial charge on any atom is 0.283 e. The molecule has 2 aliphatic rings. The van der Waals surface area contributed by atoms with Crippen LogP contribution in [0.25, 0.3) is 22.4 Å². The minimum Gasteiger partial charge on any atom is -0.462 e. The highest BCUT2D eigenvalue weighted by Crippen LogP contribution is 2.51. The lowest BCUT2D eigenvalue weighted by molar-refractivity contribution is 0.260. The first kappa shape index (κ1) is 19.3. The largest absolute Gasteiger partial charge is 0.462 e. The van der Waals surface area contributed by atoms with Crippen molar-refractivity contribution in [2.75, 3.05) is 6.61 Å². The maximum absolute atomic E-state index is 14.4. The molecule has 9 heteroatoms. The van der Waals surface area contributed by atoms with Crippen molar-refractivity contribution in [2.24, 2.45) is 10.7 Å². The molecular weight excluding hydrogens is 428 g/mol. The normalized spacial score (nSPS) is 18.2. The van der Waals surface area contributed by atoms with Crippen molar-refractivity contribution in [3.8, 4) is 33.9 Å². The summed E-state index contributed by atoms with van der Waals surface area (Å²) in [6.07, 6.45) is 2.76. The van der Waals surface area contributed by atoms with Crippen molar-refractivity contribution in [1.82, 2.24) is 15.0 Å². The van der Waals surface area contributed by atoms with Crippen molar-refractivity contribution in [3.63, 3.8) is 0 Å². The van der Waals surface area contributed by atoms with Gasteiger partial charge in [0, 0.05) is 35.2 Å². The van der Waals surface area contributed by atoms with Crippen molar-refractivity contribution in [3.05, 3.63) is 90.1 Å². The minimum atomic E-state index is -1.11. The average Bonchev–Trinajstić information content (AvgIpc) is 3.21. The number of hydrogen-bond acceptors (Lipinski definition) is 7. The standard InChI is InChI=1S/C24H15F2N5O2/c25-20-11-14(7-9-28-20)17-4-6-19-21(30-17)24(12-32-23(27)31-24)16-10-13(3-5-18(16)33-19)15-2-1-8-29-22(15)26/h1-11H,12H2,(H2,27,31)/t24-/m0/s1. The molecule has 0 amide bonds. The number of halogens is 2. The molecule has 1 atom stereocenters. The van der Waals surface area contributed by atoms with Crippen LogP contribution >= 0.6 is 0 Å². The Hall–Kier alpha value is -4.40. The van der Waals surface area contributed by atoms with E-state index in [9.17, 15) is 8.78 Å². The van der Waals surface area contributed by atoms with Crippen LogP contribution in [-0.4, -0.2) is 27.6 Å². The molecule has 4 aromatic rings. The second-order valence-electron chi connectivity index (χ2n) is 7.66. The van der Waals surface area contributed by atoms with Crippen LogP contribution in [0.15, 0.2) is 72.0 Å². The summed E-state index contributed by atoms with van der Waals surface area (Å²) in [7, 11) is 0. The second kappa shape index (κ2) is 7.06. The molecular formula is C24H15F2N5O2. The molecule has 0 unspecified atom stereocenters. The van der Waals surface area contributed by atoms with Gasteiger partial charge in [-0.15, -0.1) is 0 Å². The fourth-order valence-corrected chi connectivity index (χ4v) is 4.20. The van der Waals surface area contributed by atoms with Gasteiger partial charge in [0.25, 0.3) is 6.02 Å². The molecule has 162 valence electrons. The topological polar surface area (TPSA) is 95.5 Å². The van der Waals surface area contributed by atoms with Gasteiger partial charge in [0.15, 0.2) is 11.3 Å². The number of pyridine rings is 3. The second-order valence-corrected chi connectivity index (χ2v) is 7.66. The Morgan fingerprint density at radius 3 is 2.58 bits per heavy atom. The SMILES string of the molecule is NC1=N[C@@]2(CO1)c1cc(-c3cccnc3F)ccc1Oc1ccc(-c3ccnc(F)c3)nc12. The Morgan fingerprint density at radius 2 is 1.79 bits per heavy atom. The number of hydrogen-bond donors (Lipinski definition) is 1. The number of nitrogens with zero attached hydrogens (tertiary/aromatic N) is 4. The molecule has 6 rings (SSSR count). The highest BCUT2D eigenvalue weighted by Gasteiger charge is 2.48. The summed E-state index contributed by atoms with van der Waals surface area (Å²) in [5.41, 5.74) is 7.91. The number of ether oxygens (including phenoxy) is 2. The van der Waals surface area contributed by atoms with Gasteiger partial charge in [-0.3, -0.25) is 0 Å². The Kier molecular flexibility index (Phi) is 4.13. The van der Waals surface area contributed by atoms with Crippen LogP contribution in [0.5, 0.6) is 11.5 Å². The van der Waals surface area contributed by atoms with Gasteiger partial charge in [0.05, 0.1) is 5.69 Å². The molecule has 7 nitrogen and oxygen atoms in total. The lowest BCUT2D eigenvalue weighted by Gasteiger charge is -2.33. The van der Waals surface area contributed by atoms with Crippen LogP contribution in [0.1, 0.15) is 11.3 Å². The monoisotopic (exact) mass is 443 g/mol. The Morgan fingerprint density at radius 1 is 0.909 bits per heavy atom. The molecule has 33 heavy (non-hydrogen) atoms. The first-order valence-electron chi connectivity index (χ1n) is 10.1. The summed E-state index contributed by atoms with van der Waals surface area (Å²) < 4.78 is 39.8. The molecule has 5 heterocycles. The van der Waals surface area contributed by atoms with Gasteiger partial charge >= 0.3 is 0 Å². The van der Waals surface area contributed by atoms with Gasteiger partial charge in [0.2, 0.25) is 11.9 Å². The summed E-state index contributed by atoms with van der Waals surface area (Å²) in [5.74, 6) is -0.197. The van der Waals surface area contributed by atoms with E-state index in [0.29, 0.717) is 45.1 Å². The Labute approximate surface area is 186 Å². The zero-order valence-electron chi connectivity index (χ0n) is 17.0. The summed E-state index contributed by atoms with van der Waals surface area (Å²) >= 11 is 0. The van der Waals surface area contributed by atoms with E-state index < -0.39 is 17.4 Å². The van der Waals surface area contributed by atoms with Gasteiger partial charge < -0.3 is 15.2 Å². The van der Waals surface area contributed by atoms with Gasteiger partial charge in [-0.1, -0.05) is 6.07 Å². The van der Waals surface area contributed by atoms with E-state index in [1.165, 1.54) is 18.5 Å². The third-order valence-corrected chi connectivity index (χ3v) is 5.72. The van der Waals surface area contributed by atoms with Crippen LogP contribution in [0.2, 0.25) is 0 Å². The summed E-state index contributed by atoms with van der Waals surface area (Å²) in [6.45, 7) is 0.0856. The lowest BCUT2D eigenvalue weighted by atomic mass is 9.83. The highest BCUT2D eigenvalue weighted by molar-refractivity contribution is 5.78. The van der Waals surface area contributed by atoms with E-state index in [4.69, 9.17) is 20.2 Å². The van der Waals surface area contributed by atoms with Gasteiger partial charge in [0.1, 0.15) is 18.1 Å². The summed E-state index contributed by atoms with van der Waals surface area (Å²) in [6, 6.07) is 15.0. The molecule has 0 saturated carbocycles. The Balaban J connectivity index is 1.56. The average molecular weight is 443 g/mol. The number of aromatic nitrogens is 3. The van der Waals surface area contributed by atoms with Crippen LogP contribution < -0.4 is 10.5 Å². The number of nitrogens with two attached hydrogens (primary N) is 1. The fraction of sp³-hybridized carbons (Fsp3) is 0.0833. The zero-order valence-corrected chi connectivity index (χ0v) is 17.0. The molecule has 0 fully saturated rings. The third kappa shape index (κ3) is 3.00. The molecule has 0 bridgehead atoms. The van der Waals surface area contributed by atoms with Gasteiger partial charge in [-0.2, -0.15) is 8.78 Å². The predicted molar refractivity (Wildman–Crippen MR) is 115 cm³/mol. The zero-order chi connectivity index (χ0) is 22.6. The van der Waals surface area contributed by atoms with Crippen molar-refractivity contribution in [2.45, 2.75) is 5.54 Å². The number of benzene rings is 1. The lowest BCUT2D eigenvalue weighted by Crippen LogP contribution is -2.32. The van der Waals surface area contributed by atoms with E-state index in [2.05, 4.69) is 15.0 Å². The molecule has 3 aromatic heterocycles. The first-order chi connectivity index (χ1) is 16.0. The van der Waals surface area contributed by atoms with Crippen LogP contribution in [-0.2, 0) is 10.3 Å². The summed E-state index contributed by atoms with van der Waals surface area (Å²) in [5, 5.41) is 0. The van der Waals surface area contributed by atoms with Gasteiger partial charge in [-0.05, 0) is 48.0 Å². The number of aliphatic imine (C=N–C) groups is 1. The molecule has 0 aliphatic carbocycles. The number of fused-ring (bicyclic) bond motifs is 4. The molecule has 2 aliphatic heterocycles. The van der Waals surface area contributed by atoms with E-state index in [0.717, 1.165) is 0 Å². The maximum atomic E-state index is 14.4.